The number of carbonyl (C=O) groups is 1. The zero-order valence-electron chi connectivity index (χ0n) is 18.7. The van der Waals surface area contributed by atoms with Crippen molar-refractivity contribution in [3.63, 3.8) is 0 Å². The Kier molecular flexibility index (Phi) is 6.16. The van der Waals surface area contributed by atoms with E-state index >= 15 is 0 Å². The average Bonchev–Trinajstić information content (AvgIpc) is 3.19. The van der Waals surface area contributed by atoms with E-state index < -0.39 is 15.9 Å². The van der Waals surface area contributed by atoms with Crippen LogP contribution in [0.5, 0.6) is 0 Å². The van der Waals surface area contributed by atoms with Gasteiger partial charge < -0.3 is 5.32 Å². The average molecular weight is 480 g/mol. The first-order chi connectivity index (χ1) is 16.1. The van der Waals surface area contributed by atoms with Crippen LogP contribution < -0.4 is 10.0 Å². The third-order valence-electron chi connectivity index (χ3n) is 5.18. The van der Waals surface area contributed by atoms with Crippen LogP contribution in [0, 0.1) is 26.6 Å². The number of rotatable bonds is 6. The molecular weight excluding hydrogens is 457 g/mol. The number of carbonyl (C=O) groups excluding carboxylic acids is 1. The smallest absolute Gasteiger partial charge is 0.295 e. The number of nitrogens with zero attached hydrogens (tertiary/aromatic N) is 3. The lowest BCUT2D eigenvalue weighted by atomic mass is 10.1. The molecule has 0 aliphatic rings. The van der Waals surface area contributed by atoms with Gasteiger partial charge in [0.2, 0.25) is 5.82 Å². The van der Waals surface area contributed by atoms with Crippen molar-refractivity contribution in [2.24, 2.45) is 0 Å². The molecule has 2 N–H and O–H groups in total. The number of halogens is 1. The van der Waals surface area contributed by atoms with Crippen LogP contribution >= 0.6 is 0 Å². The minimum Gasteiger partial charge on any atom is -0.319 e. The monoisotopic (exact) mass is 479 g/mol. The zero-order valence-corrected chi connectivity index (χ0v) is 19.5. The minimum atomic E-state index is -3.81. The molecule has 0 aliphatic heterocycles. The summed E-state index contributed by atoms with van der Waals surface area (Å²) in [6, 6.07) is 17.0. The number of hydrogen-bond donors (Lipinski definition) is 2. The van der Waals surface area contributed by atoms with Crippen molar-refractivity contribution in [3.8, 4) is 5.69 Å². The molecule has 0 unspecified atom stereocenters. The zero-order chi connectivity index (χ0) is 24.5. The lowest BCUT2D eigenvalue weighted by Gasteiger charge is -2.13. The molecule has 0 atom stereocenters. The van der Waals surface area contributed by atoms with Crippen molar-refractivity contribution in [3.05, 3.63) is 95.3 Å². The van der Waals surface area contributed by atoms with Crippen LogP contribution in [0.2, 0.25) is 0 Å². The van der Waals surface area contributed by atoms with Gasteiger partial charge in [-0.15, -0.1) is 5.10 Å². The van der Waals surface area contributed by atoms with Gasteiger partial charge in [0.1, 0.15) is 11.6 Å². The van der Waals surface area contributed by atoms with Crippen LogP contribution in [0.1, 0.15) is 27.6 Å². The summed E-state index contributed by atoms with van der Waals surface area (Å²) in [5, 5.41) is 6.84. The molecule has 4 rings (SSSR count). The standard InChI is InChI=1S/C24H22FN5O3S/c1-15-5-4-6-16(2)22(15)29-34(32,33)21-13-9-19(10-14-21)27-24(31)23-26-17(3)30(28-23)20-11-7-18(25)8-12-20/h4-14,29H,1-3H3,(H,27,31). The van der Waals surface area contributed by atoms with E-state index in [9.17, 15) is 17.6 Å². The van der Waals surface area contributed by atoms with Crippen LogP contribution in [-0.4, -0.2) is 29.1 Å². The predicted octanol–water partition coefficient (Wildman–Crippen LogP) is 4.38. The summed E-state index contributed by atoms with van der Waals surface area (Å²) in [4.78, 5) is 16.8. The molecular formula is C24H22FN5O3S. The molecule has 0 saturated heterocycles. The lowest BCUT2D eigenvalue weighted by Crippen LogP contribution is -2.16. The molecule has 0 bridgehead atoms. The van der Waals surface area contributed by atoms with Crippen molar-refractivity contribution >= 4 is 27.3 Å². The van der Waals surface area contributed by atoms with Crippen molar-refractivity contribution in [1.82, 2.24) is 14.8 Å². The van der Waals surface area contributed by atoms with Crippen LogP contribution in [0.15, 0.2) is 71.6 Å². The Balaban J connectivity index is 1.49. The summed E-state index contributed by atoms with van der Waals surface area (Å²) in [5.74, 6) is -0.562. The van der Waals surface area contributed by atoms with Gasteiger partial charge in [0.25, 0.3) is 15.9 Å². The second-order valence-electron chi connectivity index (χ2n) is 7.72. The number of benzene rings is 3. The van der Waals surface area contributed by atoms with Gasteiger partial charge in [-0.2, -0.15) is 0 Å². The van der Waals surface area contributed by atoms with Crippen molar-refractivity contribution < 1.29 is 17.6 Å². The first kappa shape index (κ1) is 23.1. The Labute approximate surface area is 196 Å². The number of sulfonamides is 1. The molecule has 1 amide bonds. The second-order valence-corrected chi connectivity index (χ2v) is 9.40. The Morgan fingerprint density at radius 3 is 2.15 bits per heavy atom. The Bertz CT molecular complexity index is 1440. The van der Waals surface area contributed by atoms with Crippen molar-refractivity contribution in [2.75, 3.05) is 10.0 Å². The van der Waals surface area contributed by atoms with E-state index in [4.69, 9.17) is 0 Å². The fourth-order valence-corrected chi connectivity index (χ4v) is 4.59. The summed E-state index contributed by atoms with van der Waals surface area (Å²) >= 11 is 0. The predicted molar refractivity (Wildman–Crippen MR) is 127 cm³/mol. The topological polar surface area (TPSA) is 106 Å². The Morgan fingerprint density at radius 1 is 0.912 bits per heavy atom. The van der Waals surface area contributed by atoms with E-state index in [1.165, 1.54) is 53.2 Å². The number of nitrogens with one attached hydrogen (secondary N) is 2. The van der Waals surface area contributed by atoms with Crippen LogP contribution in [0.25, 0.3) is 5.69 Å². The molecule has 0 fully saturated rings. The third kappa shape index (κ3) is 4.81. The van der Waals surface area contributed by atoms with Gasteiger partial charge in [0, 0.05) is 5.69 Å². The van der Waals surface area contributed by atoms with Gasteiger partial charge in [-0.1, -0.05) is 18.2 Å². The maximum Gasteiger partial charge on any atom is 0.295 e. The van der Waals surface area contributed by atoms with Gasteiger partial charge in [-0.3, -0.25) is 9.52 Å². The van der Waals surface area contributed by atoms with Gasteiger partial charge in [-0.05, 0) is 80.4 Å². The van der Waals surface area contributed by atoms with Crippen LogP contribution in [0.4, 0.5) is 15.8 Å². The Morgan fingerprint density at radius 2 is 1.53 bits per heavy atom. The quantitative estimate of drug-likeness (QED) is 0.427. The summed E-state index contributed by atoms with van der Waals surface area (Å²) in [6.45, 7) is 5.34. The number of hydrogen-bond acceptors (Lipinski definition) is 5. The molecule has 0 aliphatic carbocycles. The molecule has 4 aromatic rings. The van der Waals surface area contributed by atoms with Gasteiger partial charge >= 0.3 is 0 Å². The molecule has 3 aromatic carbocycles. The first-order valence-corrected chi connectivity index (χ1v) is 11.8. The fraction of sp³-hybridized carbons (Fsp3) is 0.125. The number of amides is 1. The maximum atomic E-state index is 13.2. The van der Waals surface area contributed by atoms with E-state index in [0.717, 1.165) is 11.1 Å². The molecule has 1 aromatic heterocycles. The SMILES string of the molecule is Cc1cccc(C)c1NS(=O)(=O)c1ccc(NC(=O)c2nc(C)n(-c3ccc(F)cc3)n2)cc1. The number of aromatic nitrogens is 3. The second kappa shape index (κ2) is 9.06. The molecule has 0 radical (unpaired) electrons. The number of anilines is 2. The number of para-hydroxylation sites is 1. The first-order valence-electron chi connectivity index (χ1n) is 10.3. The van der Waals surface area contributed by atoms with Crippen LogP contribution in [-0.2, 0) is 10.0 Å². The maximum absolute atomic E-state index is 13.2. The van der Waals surface area contributed by atoms with Gasteiger partial charge in [0.15, 0.2) is 0 Å². The number of aryl methyl sites for hydroxylation is 3. The summed E-state index contributed by atoms with van der Waals surface area (Å²) < 4.78 is 42.9. The van der Waals surface area contributed by atoms with E-state index in [1.54, 1.807) is 6.92 Å². The highest BCUT2D eigenvalue weighted by molar-refractivity contribution is 7.92. The molecule has 174 valence electrons. The summed E-state index contributed by atoms with van der Waals surface area (Å²) in [6.07, 6.45) is 0. The van der Waals surface area contributed by atoms with Crippen molar-refractivity contribution in [1.29, 1.82) is 0 Å². The van der Waals surface area contributed by atoms with Crippen molar-refractivity contribution in [2.45, 2.75) is 25.7 Å². The molecule has 1 heterocycles. The molecule has 0 spiro atoms. The van der Waals surface area contributed by atoms with E-state index in [-0.39, 0.29) is 16.5 Å². The lowest BCUT2D eigenvalue weighted by molar-refractivity contribution is 0.101. The van der Waals surface area contributed by atoms with E-state index in [0.29, 0.717) is 22.9 Å². The Hall–Kier alpha value is -4.05. The fourth-order valence-electron chi connectivity index (χ4n) is 3.39. The largest absolute Gasteiger partial charge is 0.319 e. The molecule has 10 heteroatoms. The molecule has 8 nitrogen and oxygen atoms in total. The highest BCUT2D eigenvalue weighted by Gasteiger charge is 2.18. The van der Waals surface area contributed by atoms with Gasteiger partial charge in [0.05, 0.1) is 16.3 Å². The normalized spacial score (nSPS) is 11.3. The van der Waals surface area contributed by atoms with E-state index in [2.05, 4.69) is 20.1 Å². The summed E-state index contributed by atoms with van der Waals surface area (Å²) in [7, 11) is -3.81. The minimum absolute atomic E-state index is 0.0581. The molecule has 0 saturated carbocycles. The third-order valence-corrected chi connectivity index (χ3v) is 6.55. The van der Waals surface area contributed by atoms with E-state index in [1.807, 2.05) is 32.0 Å². The highest BCUT2D eigenvalue weighted by Crippen LogP contribution is 2.24. The summed E-state index contributed by atoms with van der Waals surface area (Å²) in [5.41, 5.74) is 3.12. The van der Waals surface area contributed by atoms with Gasteiger partial charge in [-0.25, -0.2) is 22.5 Å². The molecule has 34 heavy (non-hydrogen) atoms. The van der Waals surface area contributed by atoms with Crippen LogP contribution in [0.3, 0.4) is 0 Å². The highest BCUT2D eigenvalue weighted by atomic mass is 32.2.